The summed E-state index contributed by atoms with van der Waals surface area (Å²) in [4.78, 5) is 12.7. The molecule has 1 heterocycles. The lowest BCUT2D eigenvalue weighted by atomic mass is 10.2. The number of benzene rings is 2. The van der Waals surface area contributed by atoms with Gasteiger partial charge in [0.25, 0.3) is 5.91 Å². The highest BCUT2D eigenvalue weighted by atomic mass is 32.2. The first-order valence-corrected chi connectivity index (χ1v) is 13.2. The van der Waals surface area contributed by atoms with Gasteiger partial charge in [0.2, 0.25) is 20.0 Å². The predicted octanol–water partition coefficient (Wildman–Crippen LogP) is 2.04. The molecule has 2 N–H and O–H groups in total. The van der Waals surface area contributed by atoms with Crippen LogP contribution in [0, 0.1) is 0 Å². The van der Waals surface area contributed by atoms with Crippen molar-refractivity contribution in [3.63, 3.8) is 0 Å². The van der Waals surface area contributed by atoms with Crippen molar-refractivity contribution in [1.82, 2.24) is 9.03 Å². The number of sulfonamides is 2. The minimum absolute atomic E-state index is 0.105. The molecule has 1 fully saturated rings. The number of amides is 1. The number of hydrogen-bond acceptors (Lipinski definition) is 6. The lowest BCUT2D eigenvalue weighted by molar-refractivity contribution is 0.0730. The number of hydrogen-bond donors (Lipinski definition) is 2. The quantitative estimate of drug-likeness (QED) is 0.595. The Morgan fingerprint density at radius 3 is 2.09 bits per heavy atom. The molecule has 0 aliphatic carbocycles. The van der Waals surface area contributed by atoms with E-state index in [0.29, 0.717) is 38.4 Å². The van der Waals surface area contributed by atoms with Gasteiger partial charge in [0.1, 0.15) is 0 Å². The normalized spacial score (nSPS) is 16.4. The van der Waals surface area contributed by atoms with E-state index < -0.39 is 26.0 Å². The molecule has 0 spiro atoms. The van der Waals surface area contributed by atoms with Crippen molar-refractivity contribution in [1.29, 1.82) is 0 Å². The molecule has 0 bridgehead atoms. The first kappa shape index (κ1) is 24.3. The van der Waals surface area contributed by atoms with E-state index >= 15 is 0 Å². The standard InChI is InChI=1S/C21H27N3O6S2/c1-3-16(2)23-31(26,27)19-10-6-18(7-11-19)22-21(25)17-4-8-20(9-5-17)32(28,29)24-12-14-30-15-13-24/h4-11,16,23H,3,12-15H2,1-2H3,(H,22,25). The third-order valence-corrected chi connectivity index (χ3v) is 8.63. The largest absolute Gasteiger partial charge is 0.379 e. The van der Waals surface area contributed by atoms with Crippen LogP contribution in [0.1, 0.15) is 30.6 Å². The highest BCUT2D eigenvalue weighted by Gasteiger charge is 2.26. The number of anilines is 1. The van der Waals surface area contributed by atoms with Gasteiger partial charge in [-0.25, -0.2) is 21.6 Å². The van der Waals surface area contributed by atoms with E-state index in [2.05, 4.69) is 10.0 Å². The molecule has 1 atom stereocenters. The lowest BCUT2D eigenvalue weighted by Gasteiger charge is -2.26. The monoisotopic (exact) mass is 481 g/mol. The van der Waals surface area contributed by atoms with E-state index in [4.69, 9.17) is 4.74 Å². The fourth-order valence-electron chi connectivity index (χ4n) is 3.05. The molecule has 9 nitrogen and oxygen atoms in total. The Balaban J connectivity index is 1.67. The van der Waals surface area contributed by atoms with Gasteiger partial charge >= 0.3 is 0 Å². The third-order valence-electron chi connectivity index (χ3n) is 5.12. The summed E-state index contributed by atoms with van der Waals surface area (Å²) >= 11 is 0. The minimum Gasteiger partial charge on any atom is -0.379 e. The summed E-state index contributed by atoms with van der Waals surface area (Å²) in [5.41, 5.74) is 0.698. The topological polar surface area (TPSA) is 122 Å². The summed E-state index contributed by atoms with van der Waals surface area (Å²) in [6.45, 7) is 4.97. The average Bonchev–Trinajstić information content (AvgIpc) is 2.79. The molecule has 2 aromatic carbocycles. The second-order valence-corrected chi connectivity index (χ2v) is 11.1. The molecular weight excluding hydrogens is 454 g/mol. The summed E-state index contributed by atoms with van der Waals surface area (Å²) in [6, 6.07) is 11.3. The van der Waals surface area contributed by atoms with Crippen molar-refractivity contribution in [3.8, 4) is 0 Å². The van der Waals surface area contributed by atoms with Gasteiger partial charge in [-0.2, -0.15) is 4.31 Å². The maximum absolute atomic E-state index is 12.7. The van der Waals surface area contributed by atoms with Gasteiger partial charge in [-0.3, -0.25) is 4.79 Å². The Hall–Kier alpha value is -2.31. The van der Waals surface area contributed by atoms with Crippen LogP contribution < -0.4 is 10.0 Å². The predicted molar refractivity (Wildman–Crippen MR) is 120 cm³/mol. The van der Waals surface area contributed by atoms with Crippen LogP contribution in [0.15, 0.2) is 58.3 Å². The summed E-state index contributed by atoms with van der Waals surface area (Å²) in [6.07, 6.45) is 0.667. The van der Waals surface area contributed by atoms with Gasteiger partial charge < -0.3 is 10.1 Å². The van der Waals surface area contributed by atoms with E-state index in [1.165, 1.54) is 52.8 Å². The molecule has 1 amide bonds. The number of carbonyl (C=O) groups excluding carboxylic acids is 1. The van der Waals surface area contributed by atoms with Crippen LogP contribution in [0.4, 0.5) is 5.69 Å². The first-order valence-electron chi connectivity index (χ1n) is 10.2. The van der Waals surface area contributed by atoms with Gasteiger partial charge in [-0.05, 0) is 61.9 Å². The molecule has 174 valence electrons. The molecule has 1 aliphatic rings. The minimum atomic E-state index is -3.63. The second-order valence-electron chi connectivity index (χ2n) is 7.45. The summed E-state index contributed by atoms with van der Waals surface area (Å²) in [7, 11) is -7.26. The molecule has 2 aromatic rings. The number of nitrogens with zero attached hydrogens (tertiary/aromatic N) is 1. The zero-order valence-electron chi connectivity index (χ0n) is 17.9. The fourth-order valence-corrected chi connectivity index (χ4v) is 5.79. The maximum atomic E-state index is 12.7. The van der Waals surface area contributed by atoms with E-state index in [1.54, 1.807) is 6.92 Å². The summed E-state index contributed by atoms with van der Waals surface area (Å²) in [5, 5.41) is 2.68. The van der Waals surface area contributed by atoms with Gasteiger partial charge in [0.15, 0.2) is 0 Å². The zero-order valence-corrected chi connectivity index (χ0v) is 19.6. The first-order chi connectivity index (χ1) is 15.1. The second kappa shape index (κ2) is 10.1. The number of rotatable bonds is 8. The maximum Gasteiger partial charge on any atom is 0.255 e. The highest BCUT2D eigenvalue weighted by molar-refractivity contribution is 7.89. The van der Waals surface area contributed by atoms with Gasteiger partial charge in [-0.15, -0.1) is 0 Å². The lowest BCUT2D eigenvalue weighted by Crippen LogP contribution is -2.40. The molecule has 11 heteroatoms. The molecule has 0 radical (unpaired) electrons. The van der Waals surface area contributed by atoms with Crippen LogP contribution in [0.2, 0.25) is 0 Å². The van der Waals surface area contributed by atoms with Crippen molar-refractivity contribution in [2.75, 3.05) is 31.6 Å². The van der Waals surface area contributed by atoms with Crippen LogP contribution in [-0.4, -0.2) is 59.4 Å². The molecule has 0 aromatic heterocycles. The van der Waals surface area contributed by atoms with Gasteiger partial charge in [-0.1, -0.05) is 6.92 Å². The Morgan fingerprint density at radius 1 is 0.969 bits per heavy atom. The Labute approximate surface area is 188 Å². The summed E-state index contributed by atoms with van der Waals surface area (Å²) in [5.74, 6) is -0.436. The zero-order chi connectivity index (χ0) is 23.4. The molecule has 1 aliphatic heterocycles. The Kier molecular flexibility index (Phi) is 7.67. The molecule has 32 heavy (non-hydrogen) atoms. The fraction of sp³-hybridized carbons (Fsp3) is 0.381. The third kappa shape index (κ3) is 5.73. The van der Waals surface area contributed by atoms with Crippen molar-refractivity contribution in [2.45, 2.75) is 36.1 Å². The molecule has 3 rings (SSSR count). The van der Waals surface area contributed by atoms with Crippen molar-refractivity contribution >= 4 is 31.6 Å². The molecule has 1 saturated heterocycles. The Morgan fingerprint density at radius 2 is 1.53 bits per heavy atom. The van der Waals surface area contributed by atoms with Crippen LogP contribution >= 0.6 is 0 Å². The van der Waals surface area contributed by atoms with Crippen LogP contribution in [-0.2, 0) is 24.8 Å². The average molecular weight is 482 g/mol. The van der Waals surface area contributed by atoms with Crippen molar-refractivity contribution in [2.24, 2.45) is 0 Å². The Bertz CT molecular complexity index is 1140. The van der Waals surface area contributed by atoms with Crippen molar-refractivity contribution < 1.29 is 26.4 Å². The highest BCUT2D eigenvalue weighted by Crippen LogP contribution is 2.19. The number of carbonyl (C=O) groups is 1. The van der Waals surface area contributed by atoms with Crippen LogP contribution in [0.5, 0.6) is 0 Å². The smallest absolute Gasteiger partial charge is 0.255 e. The van der Waals surface area contributed by atoms with E-state index in [0.717, 1.165) is 0 Å². The van der Waals surface area contributed by atoms with E-state index in [-0.39, 0.29) is 21.4 Å². The summed E-state index contributed by atoms with van der Waals surface area (Å²) < 4.78 is 59.1. The number of ether oxygens (including phenoxy) is 1. The molecular formula is C21H27N3O6S2. The van der Waals surface area contributed by atoms with Crippen LogP contribution in [0.3, 0.4) is 0 Å². The number of nitrogens with one attached hydrogen (secondary N) is 2. The van der Waals surface area contributed by atoms with E-state index in [9.17, 15) is 21.6 Å². The van der Waals surface area contributed by atoms with E-state index in [1.807, 2.05) is 6.92 Å². The van der Waals surface area contributed by atoms with Crippen LogP contribution in [0.25, 0.3) is 0 Å². The molecule has 0 saturated carbocycles. The van der Waals surface area contributed by atoms with Crippen molar-refractivity contribution in [3.05, 3.63) is 54.1 Å². The SMILES string of the molecule is CCC(C)NS(=O)(=O)c1ccc(NC(=O)c2ccc(S(=O)(=O)N3CCOCC3)cc2)cc1. The van der Waals surface area contributed by atoms with Gasteiger partial charge in [0.05, 0.1) is 23.0 Å². The number of morpholine rings is 1. The van der Waals surface area contributed by atoms with Gasteiger partial charge in [0, 0.05) is 30.4 Å². The molecule has 1 unspecified atom stereocenters.